The lowest BCUT2D eigenvalue weighted by Gasteiger charge is -2.14. The highest BCUT2D eigenvalue weighted by Gasteiger charge is 2.17. The second-order valence-corrected chi connectivity index (χ2v) is 9.47. The smallest absolute Gasteiger partial charge is 0.192 e. The van der Waals surface area contributed by atoms with Crippen molar-refractivity contribution in [2.45, 2.75) is 0 Å². The lowest BCUT2D eigenvalue weighted by atomic mass is 10.0. The molecule has 0 saturated heterocycles. The molecule has 0 aliphatic rings. The second kappa shape index (κ2) is 8.41. The summed E-state index contributed by atoms with van der Waals surface area (Å²) in [5.74, 6) is 1.22. The molecule has 3 N–H and O–H groups in total. The number of nitrogens with zero attached hydrogens (tertiary/aromatic N) is 4. The zero-order chi connectivity index (χ0) is 25.8. The van der Waals surface area contributed by atoms with E-state index in [0.29, 0.717) is 34.1 Å². The van der Waals surface area contributed by atoms with E-state index in [0.717, 1.165) is 38.9 Å². The summed E-state index contributed by atoms with van der Waals surface area (Å²) in [6.45, 7) is 0. The number of aromatic nitrogens is 6. The van der Waals surface area contributed by atoms with Crippen LogP contribution in [0.5, 0.6) is 0 Å². The number of anilines is 1. The maximum Gasteiger partial charge on any atom is 0.192 e. The number of fused-ring (bicyclic) bond motifs is 3. The van der Waals surface area contributed by atoms with Crippen molar-refractivity contribution in [1.29, 1.82) is 0 Å². The topological polar surface area (TPSA) is 106 Å². The van der Waals surface area contributed by atoms with Crippen LogP contribution in [0.2, 0.25) is 0 Å². The number of nitrogens with one attached hydrogen (secondary N) is 3. The highest BCUT2D eigenvalue weighted by atomic mass is 16.1. The summed E-state index contributed by atoms with van der Waals surface area (Å²) in [7, 11) is 4.00. The Morgan fingerprint density at radius 1 is 0.684 bits per heavy atom. The van der Waals surface area contributed by atoms with Gasteiger partial charge in [0.15, 0.2) is 17.1 Å². The summed E-state index contributed by atoms with van der Waals surface area (Å²) in [6.07, 6.45) is 0. The van der Waals surface area contributed by atoms with Gasteiger partial charge in [0.25, 0.3) is 0 Å². The number of hydrogen-bond acceptors (Lipinski definition) is 5. The molecule has 0 amide bonds. The third-order valence-electron chi connectivity index (χ3n) is 6.77. The quantitative estimate of drug-likeness (QED) is 0.287. The fraction of sp³-hybridized carbons (Fsp3) is 0.0667. The first-order valence-corrected chi connectivity index (χ1v) is 12.3. The molecule has 0 fully saturated rings. The second-order valence-electron chi connectivity index (χ2n) is 9.47. The molecule has 0 radical (unpaired) electrons. The molecule has 0 saturated carbocycles. The number of para-hydroxylation sites is 4. The van der Waals surface area contributed by atoms with Gasteiger partial charge in [0.1, 0.15) is 11.3 Å². The molecular formula is C30H23N7O. The Hall–Kier alpha value is -5.24. The summed E-state index contributed by atoms with van der Waals surface area (Å²) in [5.41, 5.74) is 7.82. The highest BCUT2D eigenvalue weighted by molar-refractivity contribution is 5.96. The van der Waals surface area contributed by atoms with Crippen molar-refractivity contribution in [1.82, 2.24) is 29.9 Å². The minimum absolute atomic E-state index is 0.135. The van der Waals surface area contributed by atoms with E-state index in [4.69, 9.17) is 9.97 Å². The zero-order valence-electron chi connectivity index (χ0n) is 20.8. The van der Waals surface area contributed by atoms with E-state index in [9.17, 15) is 4.79 Å². The maximum absolute atomic E-state index is 13.6. The standard InChI is InChI=1S/C30H23N7O/c1-37(2)18-13-11-17(12-14-18)19-15-24(28-31-20-7-3-4-8-21(20)32-28)35-30-27(19)26(38)16-25(36-30)29-33-22-9-5-6-10-23(22)34-29/h3-16H,1-2H3,(H,31,32)(H,33,34)(H,35,36,38). The van der Waals surface area contributed by atoms with Crippen molar-refractivity contribution in [3.63, 3.8) is 0 Å². The van der Waals surface area contributed by atoms with Crippen LogP contribution in [-0.4, -0.2) is 44.0 Å². The van der Waals surface area contributed by atoms with Crippen molar-refractivity contribution in [2.24, 2.45) is 0 Å². The van der Waals surface area contributed by atoms with Gasteiger partial charge in [-0.3, -0.25) is 4.79 Å². The summed E-state index contributed by atoms with van der Waals surface area (Å²) < 4.78 is 0. The molecule has 4 heterocycles. The zero-order valence-corrected chi connectivity index (χ0v) is 20.8. The Kier molecular flexibility index (Phi) is 4.87. The lowest BCUT2D eigenvalue weighted by Crippen LogP contribution is -2.09. The molecule has 0 bridgehead atoms. The molecule has 184 valence electrons. The minimum Gasteiger partial charge on any atom is -0.378 e. The fourth-order valence-electron chi connectivity index (χ4n) is 4.82. The van der Waals surface area contributed by atoms with Crippen LogP contribution < -0.4 is 10.3 Å². The van der Waals surface area contributed by atoms with Crippen LogP contribution in [0.3, 0.4) is 0 Å². The number of aromatic amines is 3. The Balaban J connectivity index is 1.48. The number of pyridine rings is 2. The number of hydrogen-bond donors (Lipinski definition) is 3. The third kappa shape index (κ3) is 3.62. The first kappa shape index (κ1) is 22.0. The summed E-state index contributed by atoms with van der Waals surface area (Å²) in [5, 5.41) is 0.516. The highest BCUT2D eigenvalue weighted by Crippen LogP contribution is 2.32. The van der Waals surface area contributed by atoms with Gasteiger partial charge in [-0.05, 0) is 53.6 Å². The van der Waals surface area contributed by atoms with Gasteiger partial charge in [-0.2, -0.15) is 0 Å². The van der Waals surface area contributed by atoms with Crippen molar-refractivity contribution < 1.29 is 0 Å². The summed E-state index contributed by atoms with van der Waals surface area (Å²) >= 11 is 0. The average molecular weight is 498 g/mol. The summed E-state index contributed by atoms with van der Waals surface area (Å²) in [4.78, 5) is 40.0. The molecule has 8 heteroatoms. The number of imidazole rings is 2. The van der Waals surface area contributed by atoms with Crippen molar-refractivity contribution >= 4 is 38.8 Å². The van der Waals surface area contributed by atoms with E-state index >= 15 is 0 Å². The van der Waals surface area contributed by atoms with Crippen LogP contribution in [0.1, 0.15) is 0 Å². The molecule has 7 aromatic rings. The Labute approximate surface area is 217 Å². The van der Waals surface area contributed by atoms with Crippen LogP contribution in [0.25, 0.3) is 67.3 Å². The van der Waals surface area contributed by atoms with Gasteiger partial charge in [0.05, 0.1) is 33.1 Å². The van der Waals surface area contributed by atoms with Crippen molar-refractivity contribution in [2.75, 3.05) is 19.0 Å². The van der Waals surface area contributed by atoms with Crippen LogP contribution in [-0.2, 0) is 0 Å². The third-order valence-corrected chi connectivity index (χ3v) is 6.77. The molecule has 3 aromatic carbocycles. The first-order valence-electron chi connectivity index (χ1n) is 12.3. The largest absolute Gasteiger partial charge is 0.378 e. The normalized spacial score (nSPS) is 11.5. The molecule has 4 aromatic heterocycles. The minimum atomic E-state index is -0.135. The molecular weight excluding hydrogens is 474 g/mol. The van der Waals surface area contributed by atoms with Gasteiger partial charge in [0, 0.05) is 25.8 Å². The Bertz CT molecular complexity index is 1960. The SMILES string of the molecule is CN(C)c1ccc(-c2cc(-c3nc4ccccc4[nH]3)nc3[nH]c(-c4nc5ccccc5[nH]4)cc(=O)c23)cc1. The predicted octanol–water partition coefficient (Wildman–Crippen LogP) is 5.74. The van der Waals surface area contributed by atoms with Crippen LogP contribution in [0.4, 0.5) is 5.69 Å². The van der Waals surface area contributed by atoms with E-state index in [1.165, 1.54) is 0 Å². The van der Waals surface area contributed by atoms with Gasteiger partial charge in [0.2, 0.25) is 0 Å². The molecule has 0 atom stereocenters. The van der Waals surface area contributed by atoms with Gasteiger partial charge in [-0.25, -0.2) is 15.0 Å². The van der Waals surface area contributed by atoms with E-state index in [-0.39, 0.29) is 5.43 Å². The van der Waals surface area contributed by atoms with Crippen LogP contribution >= 0.6 is 0 Å². The van der Waals surface area contributed by atoms with Gasteiger partial charge in [-0.1, -0.05) is 36.4 Å². The van der Waals surface area contributed by atoms with E-state index in [1.807, 2.05) is 97.9 Å². The fourth-order valence-corrected chi connectivity index (χ4v) is 4.82. The molecule has 0 unspecified atom stereocenters. The Morgan fingerprint density at radius 2 is 1.32 bits per heavy atom. The molecule has 0 spiro atoms. The lowest BCUT2D eigenvalue weighted by molar-refractivity contribution is 1.13. The van der Waals surface area contributed by atoms with E-state index < -0.39 is 0 Å². The molecule has 7 rings (SSSR count). The molecule has 0 aliphatic heterocycles. The summed E-state index contributed by atoms with van der Waals surface area (Å²) in [6, 6.07) is 27.3. The number of rotatable bonds is 4. The van der Waals surface area contributed by atoms with E-state index in [1.54, 1.807) is 6.07 Å². The monoisotopic (exact) mass is 497 g/mol. The maximum atomic E-state index is 13.6. The van der Waals surface area contributed by atoms with Gasteiger partial charge in [-0.15, -0.1) is 0 Å². The number of benzene rings is 3. The number of H-pyrrole nitrogens is 3. The molecule has 8 nitrogen and oxygen atoms in total. The molecule has 38 heavy (non-hydrogen) atoms. The van der Waals surface area contributed by atoms with Crippen LogP contribution in [0, 0.1) is 0 Å². The van der Waals surface area contributed by atoms with Gasteiger partial charge < -0.3 is 19.9 Å². The van der Waals surface area contributed by atoms with Gasteiger partial charge >= 0.3 is 0 Å². The average Bonchev–Trinajstić information content (AvgIpc) is 3.57. The predicted molar refractivity (Wildman–Crippen MR) is 152 cm³/mol. The van der Waals surface area contributed by atoms with Crippen LogP contribution in [0.15, 0.2) is 89.7 Å². The Morgan fingerprint density at radius 3 is 1.97 bits per heavy atom. The van der Waals surface area contributed by atoms with Crippen molar-refractivity contribution in [3.05, 3.63) is 95.2 Å². The van der Waals surface area contributed by atoms with E-state index in [2.05, 4.69) is 19.9 Å². The molecule has 0 aliphatic carbocycles. The first-order chi connectivity index (χ1) is 18.5. The van der Waals surface area contributed by atoms with Crippen molar-refractivity contribution in [3.8, 4) is 34.2 Å².